The molecule has 1 N–H and O–H groups in total. The third-order valence-corrected chi connectivity index (χ3v) is 3.20. The average molecular weight is 304 g/mol. The molecule has 3 rings (SSSR count). The van der Waals surface area contributed by atoms with Crippen molar-refractivity contribution in [2.24, 2.45) is 0 Å². The molecule has 1 heterocycles. The number of halogens is 2. The van der Waals surface area contributed by atoms with Crippen LogP contribution in [0.5, 0.6) is 11.5 Å². The van der Waals surface area contributed by atoms with Crippen molar-refractivity contribution in [3.8, 4) is 22.9 Å². The van der Waals surface area contributed by atoms with Gasteiger partial charge in [-0.05, 0) is 24.3 Å². The summed E-state index contributed by atoms with van der Waals surface area (Å²) in [5.74, 6) is 1.19. The number of nitrogens with zero attached hydrogens (tertiary/aromatic N) is 1. The largest absolute Gasteiger partial charge is 0.493 e. The van der Waals surface area contributed by atoms with Crippen LogP contribution >= 0.6 is 0 Å². The topological polar surface area (TPSA) is 47.1 Å². The van der Waals surface area contributed by atoms with E-state index >= 15 is 0 Å². The number of hydrogen-bond acceptors (Lipinski definition) is 3. The number of H-pyrrole nitrogens is 1. The lowest BCUT2D eigenvalue weighted by Gasteiger charge is -2.13. The fraction of sp³-hybridized carbons (Fsp3) is 0.188. The monoisotopic (exact) mass is 304 g/mol. The van der Waals surface area contributed by atoms with Crippen molar-refractivity contribution in [3.05, 3.63) is 42.5 Å². The Morgan fingerprint density at radius 2 is 1.95 bits per heavy atom. The molecular formula is C16H14F2N2O2. The third-order valence-electron chi connectivity index (χ3n) is 3.20. The van der Waals surface area contributed by atoms with Crippen LogP contribution < -0.4 is 9.47 Å². The lowest BCUT2D eigenvalue weighted by atomic mass is 10.1. The summed E-state index contributed by atoms with van der Waals surface area (Å²) < 4.78 is 35.4. The van der Waals surface area contributed by atoms with Crippen LogP contribution in [0.3, 0.4) is 0 Å². The van der Waals surface area contributed by atoms with E-state index < -0.39 is 13.0 Å². The zero-order chi connectivity index (χ0) is 15.5. The Hall–Kier alpha value is -2.63. The molecule has 0 atom stereocenters. The molecule has 0 amide bonds. The van der Waals surface area contributed by atoms with Gasteiger partial charge in [-0.25, -0.2) is 13.8 Å². The molecule has 0 aliphatic heterocycles. The van der Waals surface area contributed by atoms with E-state index in [1.165, 1.54) is 7.11 Å². The number of alkyl halides is 2. The first kappa shape index (κ1) is 14.3. The molecule has 0 bridgehead atoms. The van der Waals surface area contributed by atoms with Gasteiger partial charge >= 0.3 is 0 Å². The van der Waals surface area contributed by atoms with Crippen LogP contribution in [0.15, 0.2) is 42.5 Å². The maximum Gasteiger partial charge on any atom is 0.272 e. The van der Waals surface area contributed by atoms with Gasteiger partial charge in [0.15, 0.2) is 11.5 Å². The molecule has 6 heteroatoms. The smallest absolute Gasteiger partial charge is 0.272 e. The molecule has 0 aliphatic carbocycles. The van der Waals surface area contributed by atoms with Gasteiger partial charge in [0.2, 0.25) is 0 Å². The second-order valence-corrected chi connectivity index (χ2v) is 4.64. The van der Waals surface area contributed by atoms with E-state index in [4.69, 9.17) is 9.47 Å². The van der Waals surface area contributed by atoms with E-state index in [9.17, 15) is 8.78 Å². The first-order valence-corrected chi connectivity index (χ1v) is 6.72. The second kappa shape index (κ2) is 6.01. The van der Waals surface area contributed by atoms with Crippen LogP contribution in [-0.4, -0.2) is 30.1 Å². The van der Waals surface area contributed by atoms with E-state index in [2.05, 4.69) is 9.97 Å². The highest BCUT2D eigenvalue weighted by atomic mass is 19.3. The minimum absolute atomic E-state index is 0.254. The summed E-state index contributed by atoms with van der Waals surface area (Å²) in [6.07, 6.45) is -2.56. The van der Waals surface area contributed by atoms with Crippen LogP contribution in [0.25, 0.3) is 22.4 Å². The van der Waals surface area contributed by atoms with Crippen LogP contribution in [-0.2, 0) is 0 Å². The molecule has 114 valence electrons. The molecule has 0 saturated carbocycles. The summed E-state index contributed by atoms with van der Waals surface area (Å²) in [6.45, 7) is -0.701. The van der Waals surface area contributed by atoms with Crippen molar-refractivity contribution in [1.82, 2.24) is 9.97 Å². The standard InChI is InChI=1S/C16H14F2N2O2/c1-21-13-8-4-5-10(15(13)22-9-14(17)18)16-19-11-6-2-3-7-12(11)20-16/h2-8,14H,9H2,1H3,(H,19,20). The van der Waals surface area contributed by atoms with Crippen molar-refractivity contribution in [1.29, 1.82) is 0 Å². The summed E-state index contributed by atoms with van der Waals surface area (Å²) in [5.41, 5.74) is 2.23. The molecule has 1 aromatic heterocycles. The minimum atomic E-state index is -2.56. The molecule has 0 unspecified atom stereocenters. The number of imidazole rings is 1. The number of ether oxygens (including phenoxy) is 2. The first-order chi connectivity index (χ1) is 10.7. The fourth-order valence-electron chi connectivity index (χ4n) is 2.24. The molecule has 0 spiro atoms. The van der Waals surface area contributed by atoms with Crippen LogP contribution in [0, 0.1) is 0 Å². The number of aromatic nitrogens is 2. The van der Waals surface area contributed by atoms with Crippen molar-refractivity contribution in [2.45, 2.75) is 6.43 Å². The van der Waals surface area contributed by atoms with Crippen molar-refractivity contribution >= 4 is 11.0 Å². The highest BCUT2D eigenvalue weighted by Crippen LogP contribution is 2.37. The Kier molecular flexibility index (Phi) is 3.91. The summed E-state index contributed by atoms with van der Waals surface area (Å²) >= 11 is 0. The SMILES string of the molecule is COc1cccc(-c2nc3ccccc3[nH]2)c1OCC(F)F. The molecule has 3 aromatic rings. The van der Waals surface area contributed by atoms with Gasteiger partial charge < -0.3 is 14.5 Å². The van der Waals surface area contributed by atoms with Gasteiger partial charge in [0.1, 0.15) is 12.4 Å². The number of nitrogens with one attached hydrogen (secondary N) is 1. The molecule has 2 aromatic carbocycles. The lowest BCUT2D eigenvalue weighted by Crippen LogP contribution is -2.08. The molecule has 0 fully saturated rings. The van der Waals surface area contributed by atoms with Crippen LogP contribution in [0.2, 0.25) is 0 Å². The quantitative estimate of drug-likeness (QED) is 0.778. The average Bonchev–Trinajstić information content (AvgIpc) is 2.96. The van der Waals surface area contributed by atoms with Crippen molar-refractivity contribution in [2.75, 3.05) is 13.7 Å². The van der Waals surface area contributed by atoms with E-state index in [1.54, 1.807) is 18.2 Å². The summed E-state index contributed by atoms with van der Waals surface area (Å²) in [7, 11) is 1.47. The van der Waals surface area contributed by atoms with Gasteiger partial charge in [0.25, 0.3) is 6.43 Å². The van der Waals surface area contributed by atoms with Gasteiger partial charge in [-0.2, -0.15) is 0 Å². The zero-order valence-corrected chi connectivity index (χ0v) is 11.8. The van der Waals surface area contributed by atoms with Gasteiger partial charge in [0.05, 0.1) is 23.7 Å². The Morgan fingerprint density at radius 1 is 1.14 bits per heavy atom. The van der Waals surface area contributed by atoms with E-state index in [0.717, 1.165) is 11.0 Å². The Labute approximate surface area is 125 Å². The molecule has 0 saturated heterocycles. The predicted octanol–water partition coefficient (Wildman–Crippen LogP) is 3.88. The fourth-order valence-corrected chi connectivity index (χ4v) is 2.24. The summed E-state index contributed by atoms with van der Waals surface area (Å²) in [5, 5.41) is 0. The highest BCUT2D eigenvalue weighted by molar-refractivity contribution is 5.81. The van der Waals surface area contributed by atoms with Gasteiger partial charge in [0, 0.05) is 0 Å². The minimum Gasteiger partial charge on any atom is -0.493 e. The van der Waals surface area contributed by atoms with Gasteiger partial charge in [-0.15, -0.1) is 0 Å². The van der Waals surface area contributed by atoms with E-state index in [0.29, 0.717) is 17.1 Å². The highest BCUT2D eigenvalue weighted by Gasteiger charge is 2.17. The van der Waals surface area contributed by atoms with E-state index in [1.807, 2.05) is 24.3 Å². The van der Waals surface area contributed by atoms with E-state index in [-0.39, 0.29) is 5.75 Å². The normalized spacial score (nSPS) is 11.1. The zero-order valence-electron chi connectivity index (χ0n) is 11.8. The number of benzene rings is 2. The lowest BCUT2D eigenvalue weighted by molar-refractivity contribution is 0.0807. The predicted molar refractivity (Wildman–Crippen MR) is 79.6 cm³/mol. The molecular weight excluding hydrogens is 290 g/mol. The maximum atomic E-state index is 12.5. The van der Waals surface area contributed by atoms with Gasteiger partial charge in [-0.1, -0.05) is 18.2 Å². The third kappa shape index (κ3) is 2.72. The van der Waals surface area contributed by atoms with Gasteiger partial charge in [-0.3, -0.25) is 0 Å². The number of methoxy groups -OCH3 is 1. The molecule has 22 heavy (non-hydrogen) atoms. The maximum absolute atomic E-state index is 12.5. The number of hydrogen-bond donors (Lipinski definition) is 1. The Balaban J connectivity index is 2.08. The molecule has 4 nitrogen and oxygen atoms in total. The molecule has 0 aliphatic rings. The second-order valence-electron chi connectivity index (χ2n) is 4.64. The van der Waals surface area contributed by atoms with Crippen molar-refractivity contribution in [3.63, 3.8) is 0 Å². The Bertz CT molecular complexity index is 754. The first-order valence-electron chi connectivity index (χ1n) is 6.72. The van der Waals surface area contributed by atoms with Crippen LogP contribution in [0.4, 0.5) is 8.78 Å². The summed E-state index contributed by atoms with van der Waals surface area (Å²) in [6, 6.07) is 12.7. The number of fused-ring (bicyclic) bond motifs is 1. The summed E-state index contributed by atoms with van der Waals surface area (Å²) in [4.78, 5) is 7.62. The molecule has 0 radical (unpaired) electrons. The number of rotatable bonds is 5. The Morgan fingerprint density at radius 3 is 2.68 bits per heavy atom. The number of para-hydroxylation sites is 3. The number of aromatic amines is 1. The van der Waals surface area contributed by atoms with Crippen LogP contribution in [0.1, 0.15) is 0 Å². The van der Waals surface area contributed by atoms with Crippen molar-refractivity contribution < 1.29 is 18.3 Å².